The first-order valence-electron chi connectivity index (χ1n) is 3.60. The number of nitrogens with zero attached hydrogens (tertiary/aromatic N) is 1. The van der Waals surface area contributed by atoms with Crippen molar-refractivity contribution in [1.82, 2.24) is 5.12 Å². The van der Waals surface area contributed by atoms with Gasteiger partial charge >= 0.3 is 0 Å². The van der Waals surface area contributed by atoms with Crippen LogP contribution < -0.4 is 11.7 Å². The first kappa shape index (κ1) is 8.20. The standard InChI is InChI=1S/C8H13N3/c9-11(10)7-6-8-4-2-1-3-5-8/h1-5H,6-7,9-10H2. The minimum Gasteiger partial charge on any atom is -0.255 e. The summed E-state index contributed by atoms with van der Waals surface area (Å²) in [4.78, 5) is 0. The molecule has 0 saturated heterocycles. The normalized spacial score (nSPS) is 10.5. The van der Waals surface area contributed by atoms with Crippen LogP contribution in [0.15, 0.2) is 30.3 Å². The fourth-order valence-corrected chi connectivity index (χ4v) is 0.903. The Morgan fingerprint density at radius 2 is 1.73 bits per heavy atom. The zero-order valence-corrected chi connectivity index (χ0v) is 6.40. The Bertz CT molecular complexity index is 196. The minimum atomic E-state index is 0.685. The van der Waals surface area contributed by atoms with Crippen molar-refractivity contribution in [2.45, 2.75) is 6.42 Å². The molecule has 0 unspecified atom stereocenters. The monoisotopic (exact) mass is 151 g/mol. The fourth-order valence-electron chi connectivity index (χ4n) is 0.903. The van der Waals surface area contributed by atoms with Crippen molar-refractivity contribution in [3.8, 4) is 0 Å². The molecular weight excluding hydrogens is 138 g/mol. The van der Waals surface area contributed by atoms with E-state index >= 15 is 0 Å². The van der Waals surface area contributed by atoms with E-state index in [2.05, 4.69) is 12.1 Å². The molecule has 0 aliphatic carbocycles. The zero-order chi connectivity index (χ0) is 8.10. The molecule has 1 aromatic carbocycles. The second-order valence-corrected chi connectivity index (χ2v) is 2.47. The van der Waals surface area contributed by atoms with Crippen molar-refractivity contribution >= 4 is 0 Å². The summed E-state index contributed by atoms with van der Waals surface area (Å²) >= 11 is 0. The van der Waals surface area contributed by atoms with Crippen molar-refractivity contribution in [3.05, 3.63) is 35.9 Å². The Balaban J connectivity index is 2.39. The van der Waals surface area contributed by atoms with Crippen molar-refractivity contribution in [2.75, 3.05) is 6.54 Å². The van der Waals surface area contributed by atoms with E-state index in [1.54, 1.807) is 0 Å². The van der Waals surface area contributed by atoms with Crippen LogP contribution in [0.3, 0.4) is 0 Å². The highest BCUT2D eigenvalue weighted by atomic mass is 15.6. The summed E-state index contributed by atoms with van der Waals surface area (Å²) in [5, 5.41) is 1.20. The summed E-state index contributed by atoms with van der Waals surface area (Å²) in [6, 6.07) is 10.1. The van der Waals surface area contributed by atoms with Crippen LogP contribution in [-0.2, 0) is 6.42 Å². The molecule has 0 fully saturated rings. The van der Waals surface area contributed by atoms with Crippen LogP contribution in [0.5, 0.6) is 0 Å². The predicted octanol–water partition coefficient (Wildman–Crippen LogP) is 0.278. The highest BCUT2D eigenvalue weighted by molar-refractivity contribution is 5.14. The molecule has 1 aromatic rings. The predicted molar refractivity (Wildman–Crippen MR) is 45.2 cm³/mol. The number of benzene rings is 1. The summed E-state index contributed by atoms with van der Waals surface area (Å²) in [6.45, 7) is 0.685. The quantitative estimate of drug-likeness (QED) is 0.482. The molecule has 3 heteroatoms. The average molecular weight is 151 g/mol. The molecule has 0 amide bonds. The maximum absolute atomic E-state index is 5.25. The average Bonchev–Trinajstić information content (AvgIpc) is 2.03. The van der Waals surface area contributed by atoms with E-state index in [1.807, 2.05) is 18.2 Å². The van der Waals surface area contributed by atoms with Gasteiger partial charge in [-0.15, -0.1) is 0 Å². The molecule has 0 atom stereocenters. The van der Waals surface area contributed by atoms with Gasteiger partial charge in [0.05, 0.1) is 0 Å². The second-order valence-electron chi connectivity index (χ2n) is 2.47. The largest absolute Gasteiger partial charge is 0.255 e. The molecule has 0 radical (unpaired) electrons. The number of rotatable bonds is 3. The van der Waals surface area contributed by atoms with E-state index in [-0.39, 0.29) is 0 Å². The van der Waals surface area contributed by atoms with Gasteiger partial charge in [-0.3, -0.25) is 11.7 Å². The molecule has 0 heterocycles. The molecule has 60 valence electrons. The van der Waals surface area contributed by atoms with Gasteiger partial charge in [0.1, 0.15) is 0 Å². The van der Waals surface area contributed by atoms with Gasteiger partial charge in [0.25, 0.3) is 0 Å². The SMILES string of the molecule is NN(N)CCc1ccccc1. The molecule has 0 bridgehead atoms. The van der Waals surface area contributed by atoms with Crippen molar-refractivity contribution in [2.24, 2.45) is 11.7 Å². The summed E-state index contributed by atoms with van der Waals surface area (Å²) in [5.74, 6) is 10.5. The topological polar surface area (TPSA) is 55.3 Å². The van der Waals surface area contributed by atoms with E-state index in [1.165, 1.54) is 10.7 Å². The van der Waals surface area contributed by atoms with Crippen LogP contribution in [0.4, 0.5) is 0 Å². The number of hydrazine groups is 2. The van der Waals surface area contributed by atoms with Crippen molar-refractivity contribution in [1.29, 1.82) is 0 Å². The summed E-state index contributed by atoms with van der Waals surface area (Å²) in [6.07, 6.45) is 0.897. The first-order valence-corrected chi connectivity index (χ1v) is 3.60. The lowest BCUT2D eigenvalue weighted by molar-refractivity contribution is 0.298. The summed E-state index contributed by atoms with van der Waals surface area (Å²) in [5.41, 5.74) is 1.26. The van der Waals surface area contributed by atoms with Gasteiger partial charge in [-0.2, -0.15) is 5.12 Å². The van der Waals surface area contributed by atoms with Gasteiger partial charge in [0.2, 0.25) is 0 Å². The Morgan fingerprint density at radius 1 is 1.09 bits per heavy atom. The molecule has 0 aromatic heterocycles. The van der Waals surface area contributed by atoms with Crippen molar-refractivity contribution in [3.63, 3.8) is 0 Å². The summed E-state index contributed by atoms with van der Waals surface area (Å²) in [7, 11) is 0. The van der Waals surface area contributed by atoms with Gasteiger partial charge in [0, 0.05) is 6.54 Å². The van der Waals surface area contributed by atoms with Crippen LogP contribution in [-0.4, -0.2) is 11.7 Å². The van der Waals surface area contributed by atoms with Crippen LogP contribution >= 0.6 is 0 Å². The Kier molecular flexibility index (Phi) is 3.04. The molecule has 0 aliphatic heterocycles. The third-order valence-corrected chi connectivity index (χ3v) is 1.50. The van der Waals surface area contributed by atoms with Crippen LogP contribution in [0.2, 0.25) is 0 Å². The molecule has 4 N–H and O–H groups in total. The van der Waals surface area contributed by atoms with E-state index in [9.17, 15) is 0 Å². The maximum atomic E-state index is 5.25. The molecule has 0 saturated carbocycles. The lowest BCUT2D eigenvalue weighted by atomic mass is 10.2. The van der Waals surface area contributed by atoms with E-state index in [0.717, 1.165) is 6.42 Å². The second kappa shape index (κ2) is 4.08. The van der Waals surface area contributed by atoms with Crippen molar-refractivity contribution < 1.29 is 0 Å². The molecule has 1 rings (SSSR count). The van der Waals surface area contributed by atoms with E-state index in [0.29, 0.717) is 6.54 Å². The fraction of sp³-hybridized carbons (Fsp3) is 0.250. The Morgan fingerprint density at radius 3 is 2.27 bits per heavy atom. The van der Waals surface area contributed by atoms with Gasteiger partial charge in [-0.25, -0.2) is 0 Å². The molecule has 0 aliphatic rings. The third-order valence-electron chi connectivity index (χ3n) is 1.50. The smallest absolute Gasteiger partial charge is 0.0323 e. The molecule has 3 nitrogen and oxygen atoms in total. The first-order chi connectivity index (χ1) is 5.29. The molecule has 11 heavy (non-hydrogen) atoms. The van der Waals surface area contributed by atoms with Gasteiger partial charge in [0.15, 0.2) is 0 Å². The lowest BCUT2D eigenvalue weighted by Gasteiger charge is -2.07. The van der Waals surface area contributed by atoms with Gasteiger partial charge in [-0.1, -0.05) is 30.3 Å². The highest BCUT2D eigenvalue weighted by Gasteiger charge is 1.92. The van der Waals surface area contributed by atoms with E-state index in [4.69, 9.17) is 11.7 Å². The molecule has 0 spiro atoms. The maximum Gasteiger partial charge on any atom is 0.0323 e. The van der Waals surface area contributed by atoms with Crippen LogP contribution in [0.1, 0.15) is 5.56 Å². The Hall–Kier alpha value is -0.900. The lowest BCUT2D eigenvalue weighted by Crippen LogP contribution is -2.39. The van der Waals surface area contributed by atoms with E-state index < -0.39 is 0 Å². The number of hydrogen-bond donors (Lipinski definition) is 2. The summed E-state index contributed by atoms with van der Waals surface area (Å²) < 4.78 is 0. The van der Waals surface area contributed by atoms with Crippen LogP contribution in [0, 0.1) is 0 Å². The number of nitrogens with two attached hydrogens (primary N) is 2. The highest BCUT2D eigenvalue weighted by Crippen LogP contribution is 1.98. The molecular formula is C8H13N3. The Labute approximate surface area is 66.5 Å². The van der Waals surface area contributed by atoms with Crippen LogP contribution in [0.25, 0.3) is 0 Å². The van der Waals surface area contributed by atoms with Gasteiger partial charge in [-0.05, 0) is 12.0 Å². The number of hydrogen-bond acceptors (Lipinski definition) is 3. The van der Waals surface area contributed by atoms with Gasteiger partial charge < -0.3 is 0 Å². The third kappa shape index (κ3) is 3.13. The minimum absolute atomic E-state index is 0.685. The zero-order valence-electron chi connectivity index (χ0n) is 6.40.